The monoisotopic (exact) mass is 159 g/mol. The normalized spacial score (nSPS) is 22.1. The smallest absolute Gasteiger partial charge is 0.310 e. The topological polar surface area (TPSA) is 38.3 Å². The van der Waals surface area contributed by atoms with Crippen molar-refractivity contribution in [2.75, 3.05) is 20.2 Å². The highest BCUT2D eigenvalue weighted by atomic mass is 16.5. The van der Waals surface area contributed by atoms with Crippen LogP contribution in [0, 0.1) is 5.92 Å². The molecule has 1 unspecified atom stereocenters. The van der Waals surface area contributed by atoms with Gasteiger partial charge < -0.3 is 10.1 Å². The number of rotatable bonds is 2. The van der Waals surface area contributed by atoms with E-state index in [1.807, 2.05) is 20.9 Å². The second kappa shape index (κ2) is 6.16. The van der Waals surface area contributed by atoms with Crippen molar-refractivity contribution < 1.29 is 9.53 Å². The second-order valence-corrected chi connectivity index (χ2v) is 2.21. The van der Waals surface area contributed by atoms with Crippen LogP contribution in [0.1, 0.15) is 20.3 Å². The van der Waals surface area contributed by atoms with E-state index in [0.29, 0.717) is 6.61 Å². The molecule has 0 saturated carbocycles. The van der Waals surface area contributed by atoms with Crippen LogP contribution in [0.25, 0.3) is 0 Å². The SMILES string of the molecule is CC.CNCC1CCOC1=O. The van der Waals surface area contributed by atoms with Gasteiger partial charge in [-0.05, 0) is 13.5 Å². The fourth-order valence-electron chi connectivity index (χ4n) is 0.969. The molecule has 1 rings (SSSR count). The average molecular weight is 159 g/mol. The van der Waals surface area contributed by atoms with Gasteiger partial charge in [0.2, 0.25) is 0 Å². The first kappa shape index (κ1) is 10.4. The zero-order valence-electron chi connectivity index (χ0n) is 7.52. The number of cyclic esters (lactones) is 1. The van der Waals surface area contributed by atoms with Crippen LogP contribution < -0.4 is 5.32 Å². The number of esters is 1. The third-order valence-electron chi connectivity index (χ3n) is 1.49. The molecular formula is C8H17NO2. The number of nitrogens with one attached hydrogen (secondary N) is 1. The molecule has 0 aromatic carbocycles. The largest absolute Gasteiger partial charge is 0.465 e. The Kier molecular flexibility index (Phi) is 5.84. The fourth-order valence-corrected chi connectivity index (χ4v) is 0.969. The van der Waals surface area contributed by atoms with Crippen molar-refractivity contribution in [3.63, 3.8) is 0 Å². The molecule has 1 fully saturated rings. The summed E-state index contributed by atoms with van der Waals surface area (Å²) in [5.41, 5.74) is 0. The van der Waals surface area contributed by atoms with Gasteiger partial charge in [0, 0.05) is 6.54 Å². The molecule has 0 aromatic heterocycles. The molecule has 3 heteroatoms. The summed E-state index contributed by atoms with van der Waals surface area (Å²) in [4.78, 5) is 10.7. The molecule has 1 atom stereocenters. The second-order valence-electron chi connectivity index (χ2n) is 2.21. The van der Waals surface area contributed by atoms with Gasteiger partial charge in [0.05, 0.1) is 12.5 Å². The molecule has 0 aliphatic carbocycles. The van der Waals surface area contributed by atoms with Crippen molar-refractivity contribution in [3.05, 3.63) is 0 Å². The van der Waals surface area contributed by atoms with Gasteiger partial charge in [-0.15, -0.1) is 0 Å². The van der Waals surface area contributed by atoms with Gasteiger partial charge in [-0.25, -0.2) is 0 Å². The molecule has 0 bridgehead atoms. The van der Waals surface area contributed by atoms with Gasteiger partial charge in [-0.1, -0.05) is 13.8 Å². The van der Waals surface area contributed by atoms with Gasteiger partial charge >= 0.3 is 5.97 Å². The number of hydrogen-bond acceptors (Lipinski definition) is 3. The summed E-state index contributed by atoms with van der Waals surface area (Å²) in [5, 5.41) is 2.94. The van der Waals surface area contributed by atoms with E-state index in [-0.39, 0.29) is 11.9 Å². The third kappa shape index (κ3) is 3.37. The maximum atomic E-state index is 10.7. The Labute approximate surface area is 68.1 Å². The molecule has 1 aliphatic heterocycles. The van der Waals surface area contributed by atoms with E-state index >= 15 is 0 Å². The first-order valence-corrected chi connectivity index (χ1v) is 4.16. The molecule has 0 aromatic rings. The molecular weight excluding hydrogens is 142 g/mol. The van der Waals surface area contributed by atoms with Crippen LogP contribution >= 0.6 is 0 Å². The zero-order chi connectivity index (χ0) is 8.69. The van der Waals surface area contributed by atoms with Crippen LogP contribution in [-0.2, 0) is 9.53 Å². The summed E-state index contributed by atoms with van der Waals surface area (Å²) in [6, 6.07) is 0. The third-order valence-corrected chi connectivity index (χ3v) is 1.49. The number of ether oxygens (including phenoxy) is 1. The van der Waals surface area contributed by atoms with Gasteiger partial charge in [0.1, 0.15) is 0 Å². The van der Waals surface area contributed by atoms with Crippen LogP contribution in [0.2, 0.25) is 0 Å². The Hall–Kier alpha value is -0.570. The summed E-state index contributed by atoms with van der Waals surface area (Å²) in [5.74, 6) is 0.0550. The fraction of sp³-hybridized carbons (Fsp3) is 0.875. The lowest BCUT2D eigenvalue weighted by Crippen LogP contribution is -2.22. The predicted octanol–water partition coefficient (Wildman–Crippen LogP) is 0.795. The Morgan fingerprint density at radius 3 is 2.64 bits per heavy atom. The number of hydrogen-bond donors (Lipinski definition) is 1. The Morgan fingerprint density at radius 1 is 1.64 bits per heavy atom. The minimum atomic E-state index is -0.0515. The summed E-state index contributed by atoms with van der Waals surface area (Å²) >= 11 is 0. The molecule has 1 aliphatic rings. The first-order chi connectivity index (χ1) is 5.34. The predicted molar refractivity (Wildman–Crippen MR) is 44.3 cm³/mol. The quantitative estimate of drug-likeness (QED) is 0.605. The highest BCUT2D eigenvalue weighted by Gasteiger charge is 2.24. The molecule has 0 amide bonds. The van der Waals surface area contributed by atoms with E-state index in [2.05, 4.69) is 5.32 Å². The van der Waals surface area contributed by atoms with E-state index in [4.69, 9.17) is 4.74 Å². The summed E-state index contributed by atoms with van der Waals surface area (Å²) in [7, 11) is 1.84. The zero-order valence-corrected chi connectivity index (χ0v) is 7.52. The maximum absolute atomic E-state index is 10.7. The summed E-state index contributed by atoms with van der Waals surface area (Å²) in [6.07, 6.45) is 0.875. The lowest BCUT2D eigenvalue weighted by molar-refractivity contribution is -0.141. The molecule has 1 N–H and O–H groups in total. The van der Waals surface area contributed by atoms with Gasteiger partial charge in [0.25, 0.3) is 0 Å². The van der Waals surface area contributed by atoms with E-state index in [9.17, 15) is 4.79 Å². The average Bonchev–Trinajstić information content (AvgIpc) is 2.42. The van der Waals surface area contributed by atoms with Crippen LogP contribution in [0.3, 0.4) is 0 Å². The van der Waals surface area contributed by atoms with Gasteiger partial charge in [-0.3, -0.25) is 4.79 Å². The Morgan fingerprint density at radius 2 is 2.27 bits per heavy atom. The highest BCUT2D eigenvalue weighted by molar-refractivity contribution is 5.74. The Bertz CT molecular complexity index is 115. The van der Waals surface area contributed by atoms with Crippen molar-refractivity contribution >= 4 is 5.97 Å². The van der Waals surface area contributed by atoms with Gasteiger partial charge in [0.15, 0.2) is 0 Å². The molecule has 0 spiro atoms. The van der Waals surface area contributed by atoms with Crippen LogP contribution in [0.15, 0.2) is 0 Å². The Balaban J connectivity index is 0.000000461. The standard InChI is InChI=1S/C6H11NO2.C2H6/c1-7-4-5-2-3-9-6(5)8;1-2/h5,7H,2-4H2,1H3;1-2H3. The molecule has 1 heterocycles. The van der Waals surface area contributed by atoms with Crippen molar-refractivity contribution in [1.29, 1.82) is 0 Å². The minimum Gasteiger partial charge on any atom is -0.465 e. The van der Waals surface area contributed by atoms with E-state index in [1.165, 1.54) is 0 Å². The maximum Gasteiger partial charge on any atom is 0.310 e. The van der Waals surface area contributed by atoms with E-state index in [1.54, 1.807) is 0 Å². The van der Waals surface area contributed by atoms with Crippen molar-refractivity contribution in [3.8, 4) is 0 Å². The minimum absolute atomic E-state index is 0.0515. The summed E-state index contributed by atoms with van der Waals surface area (Å²) < 4.78 is 4.74. The van der Waals surface area contributed by atoms with Crippen molar-refractivity contribution in [2.24, 2.45) is 5.92 Å². The van der Waals surface area contributed by atoms with Gasteiger partial charge in [-0.2, -0.15) is 0 Å². The van der Waals surface area contributed by atoms with Crippen LogP contribution in [-0.4, -0.2) is 26.2 Å². The summed E-state index contributed by atoms with van der Waals surface area (Å²) in [6.45, 7) is 5.35. The van der Waals surface area contributed by atoms with E-state index < -0.39 is 0 Å². The number of carbonyl (C=O) groups excluding carboxylic acids is 1. The van der Waals surface area contributed by atoms with Crippen LogP contribution in [0.5, 0.6) is 0 Å². The lowest BCUT2D eigenvalue weighted by atomic mass is 10.1. The molecule has 1 saturated heterocycles. The molecule has 11 heavy (non-hydrogen) atoms. The highest BCUT2D eigenvalue weighted by Crippen LogP contribution is 2.12. The molecule has 3 nitrogen and oxygen atoms in total. The lowest BCUT2D eigenvalue weighted by Gasteiger charge is -2.01. The number of carbonyl (C=O) groups is 1. The van der Waals surface area contributed by atoms with Crippen LogP contribution in [0.4, 0.5) is 0 Å². The molecule has 0 radical (unpaired) electrons. The van der Waals surface area contributed by atoms with E-state index in [0.717, 1.165) is 13.0 Å². The van der Waals surface area contributed by atoms with Crippen molar-refractivity contribution in [2.45, 2.75) is 20.3 Å². The first-order valence-electron chi connectivity index (χ1n) is 4.16. The van der Waals surface area contributed by atoms with Crippen molar-refractivity contribution in [1.82, 2.24) is 5.32 Å². The molecule has 66 valence electrons.